The monoisotopic (exact) mass is 593 g/mol. The molecule has 3 aromatic rings. The number of hydrogen-bond donors (Lipinski definition) is 7. The number of aromatic nitrogens is 1. The summed E-state index contributed by atoms with van der Waals surface area (Å²) in [5, 5.41) is 28.4. The molecule has 232 valence electrons. The number of carboxylic acids is 1. The Hall–Kier alpha value is -4.38. The molecule has 1 aromatic heterocycles. The summed E-state index contributed by atoms with van der Waals surface area (Å²) in [5.74, 6) is -3.06. The third-order valence-electron chi connectivity index (χ3n) is 7.62. The van der Waals surface area contributed by atoms with Crippen LogP contribution in [0.3, 0.4) is 0 Å². The summed E-state index contributed by atoms with van der Waals surface area (Å²) in [5.41, 5.74) is 8.47. The number of para-hydroxylation sites is 1. The summed E-state index contributed by atoms with van der Waals surface area (Å²) in [7, 11) is 0. The number of amides is 3. The van der Waals surface area contributed by atoms with Crippen molar-refractivity contribution in [3.05, 3.63) is 65.9 Å². The lowest BCUT2D eigenvalue weighted by Gasteiger charge is -2.26. The number of nitrogens with one attached hydrogen (secondary N) is 4. The predicted octanol–water partition coefficient (Wildman–Crippen LogP) is 2.62. The van der Waals surface area contributed by atoms with Gasteiger partial charge in [-0.3, -0.25) is 14.4 Å². The van der Waals surface area contributed by atoms with E-state index in [2.05, 4.69) is 20.9 Å². The van der Waals surface area contributed by atoms with Crippen LogP contribution >= 0.6 is 0 Å². The molecular formula is C32H43N5O6. The van der Waals surface area contributed by atoms with Crippen molar-refractivity contribution >= 4 is 34.6 Å². The van der Waals surface area contributed by atoms with Crippen molar-refractivity contribution in [3.8, 4) is 5.75 Å². The van der Waals surface area contributed by atoms with Crippen LogP contribution in [0.25, 0.3) is 10.9 Å². The van der Waals surface area contributed by atoms with Gasteiger partial charge >= 0.3 is 5.97 Å². The second-order valence-electron chi connectivity index (χ2n) is 11.5. The van der Waals surface area contributed by atoms with Crippen LogP contribution in [0.15, 0.2) is 54.7 Å². The Kier molecular flexibility index (Phi) is 11.7. The molecule has 0 radical (unpaired) electrons. The van der Waals surface area contributed by atoms with Gasteiger partial charge in [0.05, 0.1) is 6.04 Å². The Morgan fingerprint density at radius 1 is 0.837 bits per heavy atom. The minimum atomic E-state index is -1.18. The zero-order valence-electron chi connectivity index (χ0n) is 25.1. The van der Waals surface area contributed by atoms with E-state index >= 15 is 0 Å². The van der Waals surface area contributed by atoms with Crippen molar-refractivity contribution in [3.63, 3.8) is 0 Å². The van der Waals surface area contributed by atoms with Gasteiger partial charge in [-0.05, 0) is 47.6 Å². The number of carbonyl (C=O) groups is 4. The highest BCUT2D eigenvalue weighted by molar-refractivity contribution is 5.95. The molecule has 0 aliphatic rings. The fourth-order valence-corrected chi connectivity index (χ4v) is 4.82. The number of nitrogens with two attached hydrogens (primary N) is 1. The molecule has 0 aliphatic heterocycles. The molecule has 0 saturated carbocycles. The van der Waals surface area contributed by atoms with Crippen LogP contribution in [0.2, 0.25) is 0 Å². The van der Waals surface area contributed by atoms with Crippen molar-refractivity contribution in [1.29, 1.82) is 0 Å². The maximum absolute atomic E-state index is 13.8. The molecule has 43 heavy (non-hydrogen) atoms. The fourth-order valence-electron chi connectivity index (χ4n) is 4.82. The average molecular weight is 594 g/mol. The van der Waals surface area contributed by atoms with Crippen molar-refractivity contribution in [1.82, 2.24) is 20.9 Å². The predicted molar refractivity (Wildman–Crippen MR) is 164 cm³/mol. The van der Waals surface area contributed by atoms with Gasteiger partial charge in [-0.25, -0.2) is 4.79 Å². The number of fused-ring (bicyclic) bond motifs is 1. The van der Waals surface area contributed by atoms with E-state index < -0.39 is 47.9 Å². The Balaban J connectivity index is 1.91. The van der Waals surface area contributed by atoms with E-state index in [0.29, 0.717) is 12.0 Å². The first-order valence-corrected chi connectivity index (χ1v) is 14.6. The van der Waals surface area contributed by atoms with Crippen LogP contribution in [-0.4, -0.2) is 63.1 Å². The number of phenolic OH excluding ortho intramolecular Hbond substituents is 1. The molecule has 0 spiro atoms. The first-order valence-electron chi connectivity index (χ1n) is 14.6. The minimum Gasteiger partial charge on any atom is -0.508 e. The Morgan fingerprint density at radius 3 is 2.02 bits per heavy atom. The molecule has 5 atom stereocenters. The zero-order valence-corrected chi connectivity index (χ0v) is 25.1. The van der Waals surface area contributed by atoms with Gasteiger partial charge in [0.2, 0.25) is 17.7 Å². The van der Waals surface area contributed by atoms with Gasteiger partial charge in [-0.1, -0.05) is 64.4 Å². The van der Waals surface area contributed by atoms with Crippen molar-refractivity contribution in [2.24, 2.45) is 17.6 Å². The van der Waals surface area contributed by atoms with Gasteiger partial charge in [0, 0.05) is 29.9 Å². The summed E-state index contributed by atoms with van der Waals surface area (Å²) in [6.45, 7) is 7.47. The molecule has 0 saturated heterocycles. The molecule has 3 rings (SSSR count). The second-order valence-corrected chi connectivity index (χ2v) is 11.5. The third kappa shape index (κ3) is 9.31. The summed E-state index contributed by atoms with van der Waals surface area (Å²) < 4.78 is 0. The summed E-state index contributed by atoms with van der Waals surface area (Å²) in [4.78, 5) is 55.5. The van der Waals surface area contributed by atoms with Crippen molar-refractivity contribution < 1.29 is 29.4 Å². The highest BCUT2D eigenvalue weighted by Gasteiger charge is 2.32. The largest absolute Gasteiger partial charge is 0.508 e. The van der Waals surface area contributed by atoms with Crippen LogP contribution < -0.4 is 21.7 Å². The fraction of sp³-hybridized carbons (Fsp3) is 0.438. The number of aromatic amines is 1. The second kappa shape index (κ2) is 15.2. The van der Waals surface area contributed by atoms with E-state index in [0.717, 1.165) is 16.5 Å². The maximum atomic E-state index is 13.8. The van der Waals surface area contributed by atoms with Crippen LogP contribution in [0.5, 0.6) is 5.75 Å². The third-order valence-corrected chi connectivity index (χ3v) is 7.62. The van der Waals surface area contributed by atoms with Gasteiger partial charge in [-0.15, -0.1) is 0 Å². The summed E-state index contributed by atoms with van der Waals surface area (Å²) in [6.07, 6.45) is 2.78. The van der Waals surface area contributed by atoms with E-state index in [-0.39, 0.29) is 36.8 Å². The maximum Gasteiger partial charge on any atom is 0.326 e. The quantitative estimate of drug-likeness (QED) is 0.141. The van der Waals surface area contributed by atoms with E-state index in [1.54, 1.807) is 18.3 Å². The highest BCUT2D eigenvalue weighted by atomic mass is 16.4. The van der Waals surface area contributed by atoms with E-state index in [1.165, 1.54) is 12.1 Å². The SMILES string of the molecule is CCC(C)C(N)C(=O)NC(Cc1c[nH]c2ccccc12)C(=O)NC(Cc1ccc(O)cc1)C(=O)NC(CC(C)C)C(=O)O. The van der Waals surface area contributed by atoms with Crippen LogP contribution in [0, 0.1) is 11.8 Å². The van der Waals surface area contributed by atoms with Gasteiger partial charge in [-0.2, -0.15) is 0 Å². The van der Waals surface area contributed by atoms with Crippen LogP contribution in [0.4, 0.5) is 0 Å². The molecule has 3 amide bonds. The number of phenols is 1. The number of carbonyl (C=O) groups excluding carboxylic acids is 3. The first kappa shape index (κ1) is 33.1. The van der Waals surface area contributed by atoms with Crippen molar-refractivity contribution in [2.45, 2.75) is 77.5 Å². The molecule has 2 aromatic carbocycles. The first-order chi connectivity index (χ1) is 20.4. The summed E-state index contributed by atoms with van der Waals surface area (Å²) in [6, 6.07) is 9.47. The summed E-state index contributed by atoms with van der Waals surface area (Å²) >= 11 is 0. The normalized spacial score (nSPS) is 14.8. The van der Waals surface area contributed by atoms with Crippen LogP contribution in [-0.2, 0) is 32.0 Å². The Bertz CT molecular complexity index is 1400. The van der Waals surface area contributed by atoms with Gasteiger partial charge in [0.25, 0.3) is 0 Å². The minimum absolute atomic E-state index is 0.00275. The number of carboxylic acid groups (broad SMARTS) is 1. The lowest BCUT2D eigenvalue weighted by molar-refractivity contribution is -0.142. The topological polar surface area (TPSA) is 187 Å². The van der Waals surface area contributed by atoms with E-state index in [4.69, 9.17) is 5.73 Å². The van der Waals surface area contributed by atoms with E-state index in [9.17, 15) is 29.4 Å². The Morgan fingerprint density at radius 2 is 1.42 bits per heavy atom. The number of aliphatic carboxylic acids is 1. The molecular weight excluding hydrogens is 550 g/mol. The number of rotatable bonds is 15. The zero-order chi connectivity index (χ0) is 31.7. The molecule has 0 fully saturated rings. The molecule has 0 bridgehead atoms. The number of benzene rings is 2. The molecule has 8 N–H and O–H groups in total. The molecule has 5 unspecified atom stereocenters. The average Bonchev–Trinajstić information content (AvgIpc) is 3.38. The number of hydrogen-bond acceptors (Lipinski definition) is 6. The lowest BCUT2D eigenvalue weighted by atomic mass is 9.97. The molecule has 0 aliphatic carbocycles. The molecule has 11 nitrogen and oxygen atoms in total. The molecule has 1 heterocycles. The Labute approximate surface area is 251 Å². The molecule has 11 heteroatoms. The smallest absolute Gasteiger partial charge is 0.326 e. The van der Waals surface area contributed by atoms with Gasteiger partial charge in [0.15, 0.2) is 0 Å². The number of aromatic hydroxyl groups is 1. The van der Waals surface area contributed by atoms with Gasteiger partial charge in [0.1, 0.15) is 23.9 Å². The van der Waals surface area contributed by atoms with Crippen LogP contribution in [0.1, 0.15) is 51.7 Å². The highest BCUT2D eigenvalue weighted by Crippen LogP contribution is 2.20. The standard InChI is InChI=1S/C32H43N5O6/c1-5-19(4)28(33)31(41)36-26(16-21-17-34-24-9-7-6-8-23(21)24)30(40)35-25(15-20-10-12-22(38)13-11-20)29(39)37-27(32(42)43)14-18(2)3/h6-13,17-19,25-28,34,38H,5,14-16,33H2,1-4H3,(H,35,40)(H,36,41)(H,37,39)(H,42,43). The van der Waals surface area contributed by atoms with E-state index in [1.807, 2.05) is 52.0 Å². The number of H-pyrrole nitrogens is 1. The lowest BCUT2D eigenvalue weighted by Crippen LogP contribution is -2.58. The van der Waals surface area contributed by atoms with Gasteiger partial charge < -0.3 is 36.9 Å². The van der Waals surface area contributed by atoms with Crippen molar-refractivity contribution in [2.75, 3.05) is 0 Å².